The van der Waals surface area contributed by atoms with Crippen LogP contribution in [-0.4, -0.2) is 7.11 Å². The van der Waals surface area contributed by atoms with E-state index in [-0.39, 0.29) is 6.10 Å². The second-order valence-electron chi connectivity index (χ2n) is 4.89. The quantitative estimate of drug-likeness (QED) is 0.785. The van der Waals surface area contributed by atoms with Crippen molar-refractivity contribution < 1.29 is 4.74 Å². The first kappa shape index (κ1) is 12.2. The smallest absolute Gasteiger partial charge is 0.108 e. The molecule has 0 saturated carbocycles. The van der Waals surface area contributed by atoms with E-state index in [2.05, 4.69) is 54.6 Å². The van der Waals surface area contributed by atoms with Gasteiger partial charge in [-0.2, -0.15) is 0 Å². The fraction of sp³-hybridized carbons (Fsp3) is 0.222. The van der Waals surface area contributed by atoms with E-state index >= 15 is 0 Å². The number of allylic oxidation sites excluding steroid dienone is 1. The summed E-state index contributed by atoms with van der Waals surface area (Å²) in [5.74, 6) is 0. The van der Waals surface area contributed by atoms with E-state index in [0.717, 1.165) is 12.8 Å². The molecule has 0 amide bonds. The first-order valence-corrected chi connectivity index (χ1v) is 6.76. The molecule has 3 rings (SSSR count). The van der Waals surface area contributed by atoms with Crippen LogP contribution in [0.15, 0.2) is 54.6 Å². The normalized spacial score (nSPS) is 15.0. The van der Waals surface area contributed by atoms with Crippen molar-refractivity contribution in [3.05, 3.63) is 76.9 Å². The fourth-order valence-corrected chi connectivity index (χ4v) is 2.79. The summed E-state index contributed by atoms with van der Waals surface area (Å²) >= 11 is 0. The van der Waals surface area contributed by atoms with Crippen molar-refractivity contribution in [1.29, 1.82) is 0 Å². The molecule has 1 aliphatic rings. The van der Waals surface area contributed by atoms with E-state index in [4.69, 9.17) is 4.74 Å². The summed E-state index contributed by atoms with van der Waals surface area (Å²) in [6.07, 6.45) is 6.77. The van der Waals surface area contributed by atoms with Crippen molar-refractivity contribution >= 4 is 6.08 Å². The highest BCUT2D eigenvalue weighted by atomic mass is 16.5. The fourth-order valence-electron chi connectivity index (χ4n) is 2.79. The number of ether oxygens (including phenoxy) is 1. The lowest BCUT2D eigenvalue weighted by Crippen LogP contribution is -2.08. The van der Waals surface area contributed by atoms with Gasteiger partial charge in [0, 0.05) is 7.11 Å². The first-order valence-electron chi connectivity index (χ1n) is 6.76. The Balaban J connectivity index is 2.08. The number of benzene rings is 2. The lowest BCUT2D eigenvalue weighted by Gasteiger charge is -2.22. The molecule has 1 heteroatoms. The average molecular weight is 250 g/mol. The van der Waals surface area contributed by atoms with Gasteiger partial charge in [0.05, 0.1) is 0 Å². The molecule has 0 fully saturated rings. The highest BCUT2D eigenvalue weighted by molar-refractivity contribution is 5.61. The van der Waals surface area contributed by atoms with Crippen molar-refractivity contribution in [1.82, 2.24) is 0 Å². The molecule has 0 radical (unpaired) electrons. The highest BCUT2D eigenvalue weighted by Gasteiger charge is 2.18. The largest absolute Gasteiger partial charge is 0.372 e. The van der Waals surface area contributed by atoms with Gasteiger partial charge in [0.2, 0.25) is 0 Å². The SMILES string of the molecule is COC(c1ccccc1)c1cccc2c1C=CCC2. The monoisotopic (exact) mass is 250 g/mol. The van der Waals surface area contributed by atoms with Gasteiger partial charge in [-0.1, -0.05) is 60.7 Å². The van der Waals surface area contributed by atoms with Gasteiger partial charge in [-0.05, 0) is 35.1 Å². The number of rotatable bonds is 3. The maximum Gasteiger partial charge on any atom is 0.108 e. The van der Waals surface area contributed by atoms with Crippen LogP contribution in [0.25, 0.3) is 6.08 Å². The van der Waals surface area contributed by atoms with Gasteiger partial charge >= 0.3 is 0 Å². The molecular weight excluding hydrogens is 232 g/mol. The summed E-state index contributed by atoms with van der Waals surface area (Å²) in [6, 6.07) is 17.0. The third kappa shape index (κ3) is 2.34. The summed E-state index contributed by atoms with van der Waals surface area (Å²) < 4.78 is 5.75. The molecule has 0 aliphatic heterocycles. The van der Waals surface area contributed by atoms with Gasteiger partial charge < -0.3 is 4.74 Å². The van der Waals surface area contributed by atoms with Crippen LogP contribution in [-0.2, 0) is 11.2 Å². The van der Waals surface area contributed by atoms with Gasteiger partial charge in [-0.15, -0.1) is 0 Å². The predicted molar refractivity (Wildman–Crippen MR) is 79.1 cm³/mol. The van der Waals surface area contributed by atoms with Crippen molar-refractivity contribution in [3.63, 3.8) is 0 Å². The molecule has 2 aromatic carbocycles. The Labute approximate surface area is 114 Å². The summed E-state index contributed by atoms with van der Waals surface area (Å²) in [4.78, 5) is 0. The summed E-state index contributed by atoms with van der Waals surface area (Å²) in [7, 11) is 1.78. The number of hydrogen-bond donors (Lipinski definition) is 0. The Morgan fingerprint density at radius 2 is 1.84 bits per heavy atom. The Morgan fingerprint density at radius 3 is 2.63 bits per heavy atom. The highest BCUT2D eigenvalue weighted by Crippen LogP contribution is 2.32. The Morgan fingerprint density at radius 1 is 1.00 bits per heavy atom. The topological polar surface area (TPSA) is 9.23 Å². The molecule has 0 bridgehead atoms. The minimum Gasteiger partial charge on any atom is -0.372 e. The molecule has 96 valence electrons. The molecule has 0 aromatic heterocycles. The summed E-state index contributed by atoms with van der Waals surface area (Å²) in [6.45, 7) is 0. The van der Waals surface area contributed by atoms with Crippen molar-refractivity contribution in [2.75, 3.05) is 7.11 Å². The van der Waals surface area contributed by atoms with Crippen LogP contribution >= 0.6 is 0 Å². The van der Waals surface area contributed by atoms with E-state index in [1.165, 1.54) is 22.3 Å². The zero-order valence-corrected chi connectivity index (χ0v) is 11.2. The van der Waals surface area contributed by atoms with Crippen LogP contribution in [0.4, 0.5) is 0 Å². The number of aryl methyl sites for hydroxylation is 1. The van der Waals surface area contributed by atoms with Crippen molar-refractivity contribution in [2.45, 2.75) is 18.9 Å². The molecular formula is C18H18O. The van der Waals surface area contributed by atoms with Gasteiger partial charge in [-0.25, -0.2) is 0 Å². The van der Waals surface area contributed by atoms with Crippen LogP contribution in [0.2, 0.25) is 0 Å². The molecule has 1 aliphatic carbocycles. The van der Waals surface area contributed by atoms with E-state index in [1.54, 1.807) is 7.11 Å². The molecule has 0 N–H and O–H groups in total. The third-order valence-electron chi connectivity index (χ3n) is 3.72. The minimum absolute atomic E-state index is 0.0129. The number of hydrogen-bond acceptors (Lipinski definition) is 1. The number of fused-ring (bicyclic) bond motifs is 1. The zero-order chi connectivity index (χ0) is 13.1. The second-order valence-corrected chi connectivity index (χ2v) is 4.89. The van der Waals surface area contributed by atoms with E-state index in [0.29, 0.717) is 0 Å². The zero-order valence-electron chi connectivity index (χ0n) is 11.2. The van der Waals surface area contributed by atoms with Crippen molar-refractivity contribution in [3.8, 4) is 0 Å². The van der Waals surface area contributed by atoms with Crippen LogP contribution in [0.3, 0.4) is 0 Å². The van der Waals surface area contributed by atoms with Crippen LogP contribution in [0, 0.1) is 0 Å². The molecule has 0 heterocycles. The minimum atomic E-state index is 0.0129. The average Bonchev–Trinajstić information content (AvgIpc) is 2.49. The molecule has 0 spiro atoms. The summed E-state index contributed by atoms with van der Waals surface area (Å²) in [5, 5.41) is 0. The molecule has 19 heavy (non-hydrogen) atoms. The Bertz CT molecular complexity index is 584. The summed E-state index contributed by atoms with van der Waals surface area (Å²) in [5.41, 5.74) is 5.24. The number of methoxy groups -OCH3 is 1. The van der Waals surface area contributed by atoms with E-state index < -0.39 is 0 Å². The first-order chi connectivity index (χ1) is 9.40. The lowest BCUT2D eigenvalue weighted by atomic mass is 9.89. The molecule has 1 nitrogen and oxygen atoms in total. The Kier molecular flexibility index (Phi) is 3.47. The van der Waals surface area contributed by atoms with E-state index in [1.807, 2.05) is 6.07 Å². The molecule has 1 unspecified atom stereocenters. The Hall–Kier alpha value is -1.86. The van der Waals surface area contributed by atoms with Crippen LogP contribution in [0.5, 0.6) is 0 Å². The van der Waals surface area contributed by atoms with Gasteiger partial charge in [0.1, 0.15) is 6.10 Å². The van der Waals surface area contributed by atoms with Crippen LogP contribution in [0.1, 0.15) is 34.8 Å². The van der Waals surface area contributed by atoms with Gasteiger partial charge in [0.25, 0.3) is 0 Å². The maximum atomic E-state index is 5.75. The molecule has 2 aromatic rings. The molecule has 1 atom stereocenters. The maximum absolute atomic E-state index is 5.75. The van der Waals surface area contributed by atoms with Crippen LogP contribution < -0.4 is 0 Å². The lowest BCUT2D eigenvalue weighted by molar-refractivity contribution is 0.136. The van der Waals surface area contributed by atoms with Crippen molar-refractivity contribution in [2.24, 2.45) is 0 Å². The standard InChI is InChI=1S/C18H18O/c1-19-18(15-9-3-2-4-10-15)17-13-7-11-14-8-5-6-12-16(14)17/h2-4,6-7,9-13,18H,5,8H2,1H3. The second kappa shape index (κ2) is 5.41. The molecule has 0 saturated heterocycles. The third-order valence-corrected chi connectivity index (χ3v) is 3.72. The van der Waals surface area contributed by atoms with Gasteiger partial charge in [0.15, 0.2) is 0 Å². The van der Waals surface area contributed by atoms with Gasteiger partial charge in [-0.3, -0.25) is 0 Å². The predicted octanol–water partition coefficient (Wildman–Crippen LogP) is 4.38. The van der Waals surface area contributed by atoms with E-state index in [9.17, 15) is 0 Å².